The molecule has 6 nitrogen and oxygen atoms in total. The molecule has 1 N–H and O–H groups in total. The van der Waals surface area contributed by atoms with Gasteiger partial charge in [0.1, 0.15) is 5.82 Å². The van der Waals surface area contributed by atoms with Crippen LogP contribution in [0.1, 0.15) is 32.6 Å². The number of benzene rings is 1. The SMILES string of the molecule is CCC1CCCCN1c1ccc(NC(=O)COc2ccccc2OC)cn1. The standard InChI is InChI=1S/C21H27N3O3/c1-3-17-8-6-7-13-24(17)20-12-11-16(14-22-20)23-21(25)15-27-19-10-5-4-9-18(19)26-2/h4-5,9-12,14,17H,3,6-8,13,15H2,1-2H3,(H,23,25). The van der Waals surface area contributed by atoms with Crippen molar-refractivity contribution in [2.24, 2.45) is 0 Å². The van der Waals surface area contributed by atoms with Gasteiger partial charge in [-0.3, -0.25) is 4.79 Å². The van der Waals surface area contributed by atoms with Crippen molar-refractivity contribution in [3.05, 3.63) is 42.6 Å². The van der Waals surface area contributed by atoms with Crippen molar-refractivity contribution >= 4 is 17.4 Å². The summed E-state index contributed by atoms with van der Waals surface area (Å²) in [4.78, 5) is 19.1. The fraction of sp³-hybridized carbons (Fsp3) is 0.429. The summed E-state index contributed by atoms with van der Waals surface area (Å²) in [5, 5.41) is 2.82. The van der Waals surface area contributed by atoms with E-state index in [0.29, 0.717) is 23.2 Å². The summed E-state index contributed by atoms with van der Waals surface area (Å²) in [6.07, 6.45) is 6.54. The fourth-order valence-electron chi connectivity index (χ4n) is 3.43. The zero-order valence-corrected chi connectivity index (χ0v) is 16.0. The van der Waals surface area contributed by atoms with Gasteiger partial charge in [0, 0.05) is 12.6 Å². The van der Waals surface area contributed by atoms with Crippen LogP contribution in [0.25, 0.3) is 0 Å². The Balaban J connectivity index is 1.55. The molecule has 0 aliphatic carbocycles. The van der Waals surface area contributed by atoms with Gasteiger partial charge in [-0.1, -0.05) is 19.1 Å². The Morgan fingerprint density at radius 2 is 2.04 bits per heavy atom. The van der Waals surface area contributed by atoms with E-state index in [1.165, 1.54) is 19.3 Å². The number of amides is 1. The minimum atomic E-state index is -0.236. The largest absolute Gasteiger partial charge is 0.493 e. The molecule has 2 heterocycles. The molecule has 1 atom stereocenters. The second kappa shape index (κ2) is 9.26. The van der Waals surface area contributed by atoms with E-state index in [9.17, 15) is 4.79 Å². The first-order chi connectivity index (χ1) is 13.2. The van der Waals surface area contributed by atoms with E-state index in [-0.39, 0.29) is 12.5 Å². The summed E-state index contributed by atoms with van der Waals surface area (Å²) < 4.78 is 10.8. The first-order valence-electron chi connectivity index (χ1n) is 9.49. The van der Waals surface area contributed by atoms with Crippen LogP contribution in [0.2, 0.25) is 0 Å². The number of methoxy groups -OCH3 is 1. The average molecular weight is 369 g/mol. The van der Waals surface area contributed by atoms with Gasteiger partial charge in [-0.2, -0.15) is 0 Å². The van der Waals surface area contributed by atoms with Gasteiger partial charge in [0.2, 0.25) is 0 Å². The predicted molar refractivity (Wildman–Crippen MR) is 107 cm³/mol. The Labute approximate surface area is 160 Å². The molecule has 6 heteroatoms. The quantitative estimate of drug-likeness (QED) is 0.802. The molecule has 1 fully saturated rings. The fourth-order valence-corrected chi connectivity index (χ4v) is 3.43. The molecule has 1 aromatic heterocycles. The lowest BCUT2D eigenvalue weighted by molar-refractivity contribution is -0.118. The maximum atomic E-state index is 12.2. The molecular formula is C21H27N3O3. The molecule has 1 unspecified atom stereocenters. The van der Waals surface area contributed by atoms with Crippen LogP contribution in [0, 0.1) is 0 Å². The van der Waals surface area contributed by atoms with E-state index >= 15 is 0 Å². The van der Waals surface area contributed by atoms with Crippen LogP contribution in [0.4, 0.5) is 11.5 Å². The molecule has 27 heavy (non-hydrogen) atoms. The third-order valence-corrected chi connectivity index (χ3v) is 4.85. The number of carbonyl (C=O) groups excluding carboxylic acids is 1. The van der Waals surface area contributed by atoms with Gasteiger partial charge in [0.25, 0.3) is 5.91 Å². The van der Waals surface area contributed by atoms with Crippen molar-refractivity contribution in [3.8, 4) is 11.5 Å². The van der Waals surface area contributed by atoms with Crippen LogP contribution in [-0.4, -0.2) is 37.2 Å². The van der Waals surface area contributed by atoms with E-state index < -0.39 is 0 Å². The monoisotopic (exact) mass is 369 g/mol. The van der Waals surface area contributed by atoms with E-state index in [2.05, 4.69) is 22.1 Å². The number of ether oxygens (including phenoxy) is 2. The van der Waals surface area contributed by atoms with Crippen LogP contribution < -0.4 is 19.7 Å². The Hall–Kier alpha value is -2.76. The maximum Gasteiger partial charge on any atom is 0.262 e. The number of aromatic nitrogens is 1. The number of hydrogen-bond donors (Lipinski definition) is 1. The summed E-state index contributed by atoms with van der Waals surface area (Å²) in [5.41, 5.74) is 0.664. The first-order valence-corrected chi connectivity index (χ1v) is 9.49. The molecule has 1 amide bonds. The topological polar surface area (TPSA) is 63.7 Å². The minimum Gasteiger partial charge on any atom is -0.493 e. The second-order valence-electron chi connectivity index (χ2n) is 6.64. The minimum absolute atomic E-state index is 0.0911. The van der Waals surface area contributed by atoms with Gasteiger partial charge in [0.05, 0.1) is 19.0 Å². The number of hydrogen-bond acceptors (Lipinski definition) is 5. The average Bonchev–Trinajstić information content (AvgIpc) is 2.73. The molecule has 3 rings (SSSR count). The molecule has 2 aromatic rings. The van der Waals surface area contributed by atoms with Crippen molar-refractivity contribution in [1.29, 1.82) is 0 Å². The number of carbonyl (C=O) groups is 1. The molecule has 0 spiro atoms. The summed E-state index contributed by atoms with van der Waals surface area (Å²) in [6.45, 7) is 3.18. The van der Waals surface area contributed by atoms with Gasteiger partial charge in [-0.15, -0.1) is 0 Å². The highest BCUT2D eigenvalue weighted by molar-refractivity contribution is 5.91. The molecule has 0 bridgehead atoms. The van der Waals surface area contributed by atoms with Crippen LogP contribution in [-0.2, 0) is 4.79 Å². The molecule has 0 radical (unpaired) electrons. The Morgan fingerprint density at radius 1 is 1.22 bits per heavy atom. The zero-order valence-electron chi connectivity index (χ0n) is 16.0. The third kappa shape index (κ3) is 4.90. The van der Waals surface area contributed by atoms with Crippen LogP contribution in [0.5, 0.6) is 11.5 Å². The van der Waals surface area contributed by atoms with Crippen LogP contribution >= 0.6 is 0 Å². The zero-order chi connectivity index (χ0) is 19.1. The van der Waals surface area contributed by atoms with Gasteiger partial charge in [0.15, 0.2) is 18.1 Å². The number of nitrogens with zero attached hydrogens (tertiary/aromatic N) is 2. The van der Waals surface area contributed by atoms with Gasteiger partial charge < -0.3 is 19.7 Å². The highest BCUT2D eigenvalue weighted by atomic mass is 16.5. The Morgan fingerprint density at radius 3 is 2.74 bits per heavy atom. The Bertz CT molecular complexity index is 749. The van der Waals surface area contributed by atoms with Gasteiger partial charge >= 0.3 is 0 Å². The third-order valence-electron chi connectivity index (χ3n) is 4.85. The smallest absolute Gasteiger partial charge is 0.262 e. The Kier molecular flexibility index (Phi) is 6.52. The summed E-state index contributed by atoms with van der Waals surface area (Å²) in [6, 6.07) is 11.7. The lowest BCUT2D eigenvalue weighted by atomic mass is 10.00. The van der Waals surface area contributed by atoms with Crippen molar-refractivity contribution in [2.45, 2.75) is 38.6 Å². The molecule has 0 saturated carbocycles. The lowest BCUT2D eigenvalue weighted by Crippen LogP contribution is -2.39. The molecule has 144 valence electrons. The lowest BCUT2D eigenvalue weighted by Gasteiger charge is -2.36. The first kappa shape index (κ1) is 19.0. The van der Waals surface area contributed by atoms with Gasteiger partial charge in [-0.05, 0) is 49.9 Å². The number of anilines is 2. The normalized spacial score (nSPS) is 16.7. The molecular weight excluding hydrogens is 342 g/mol. The summed E-state index contributed by atoms with van der Waals surface area (Å²) >= 11 is 0. The van der Waals surface area contributed by atoms with Crippen LogP contribution in [0.15, 0.2) is 42.6 Å². The molecule has 1 aliphatic rings. The number of para-hydroxylation sites is 2. The van der Waals surface area contributed by atoms with E-state index in [1.54, 1.807) is 25.4 Å². The predicted octanol–water partition coefficient (Wildman–Crippen LogP) is 3.88. The van der Waals surface area contributed by atoms with Gasteiger partial charge in [-0.25, -0.2) is 4.98 Å². The van der Waals surface area contributed by atoms with E-state index in [1.807, 2.05) is 24.3 Å². The summed E-state index contributed by atoms with van der Waals surface area (Å²) in [7, 11) is 1.57. The number of rotatable bonds is 7. The van der Waals surface area contributed by atoms with Crippen molar-refractivity contribution < 1.29 is 14.3 Å². The molecule has 1 aliphatic heterocycles. The second-order valence-corrected chi connectivity index (χ2v) is 6.64. The number of nitrogens with one attached hydrogen (secondary N) is 1. The van der Waals surface area contributed by atoms with Crippen LogP contribution in [0.3, 0.4) is 0 Å². The van der Waals surface area contributed by atoms with E-state index in [0.717, 1.165) is 18.8 Å². The van der Waals surface area contributed by atoms with Crippen molar-refractivity contribution in [2.75, 3.05) is 30.5 Å². The van der Waals surface area contributed by atoms with Crippen molar-refractivity contribution in [3.63, 3.8) is 0 Å². The van der Waals surface area contributed by atoms with E-state index in [4.69, 9.17) is 9.47 Å². The highest BCUT2D eigenvalue weighted by Crippen LogP contribution is 2.26. The molecule has 1 aromatic carbocycles. The highest BCUT2D eigenvalue weighted by Gasteiger charge is 2.21. The van der Waals surface area contributed by atoms with Crippen molar-refractivity contribution in [1.82, 2.24) is 4.98 Å². The number of pyridine rings is 1. The summed E-state index contributed by atoms with van der Waals surface area (Å²) in [5.74, 6) is 1.88. The maximum absolute atomic E-state index is 12.2. The number of piperidine rings is 1. The molecule has 1 saturated heterocycles.